The number of aryl methyl sites for hydroxylation is 1. The number of piperidine rings is 1. The van der Waals surface area contributed by atoms with Crippen molar-refractivity contribution in [3.05, 3.63) is 22.5 Å². The summed E-state index contributed by atoms with van der Waals surface area (Å²) in [6.45, 7) is 5.52. The number of nitrogens with one attached hydrogen (secondary N) is 1. The quantitative estimate of drug-likeness (QED) is 0.735. The van der Waals surface area contributed by atoms with Crippen molar-refractivity contribution < 1.29 is 4.79 Å². The summed E-state index contributed by atoms with van der Waals surface area (Å²) in [5.41, 5.74) is 2.47. The number of hydrogen-bond donors (Lipinski definition) is 1. The standard InChI is InChI=1S/C20H24N6OS/c1-13-21-16(12-28-13)19-22-15-6-7-17(23-18(15)24-19)26-10-4-5-14(11-26)20(27)25-8-2-3-9-25/h6-7,12,14H,2-5,8-11H2,1H3,(H,22,23,24)/t14-/m1/s1. The smallest absolute Gasteiger partial charge is 0.227 e. The Morgan fingerprint density at radius 2 is 2.00 bits per heavy atom. The number of amides is 1. The highest BCUT2D eigenvalue weighted by Gasteiger charge is 2.31. The van der Waals surface area contributed by atoms with Crippen molar-refractivity contribution in [2.45, 2.75) is 32.6 Å². The number of likely N-dealkylation sites (tertiary alicyclic amines) is 1. The molecule has 2 aliphatic heterocycles. The van der Waals surface area contributed by atoms with Crippen LogP contribution in [-0.4, -0.2) is 56.9 Å². The van der Waals surface area contributed by atoms with Gasteiger partial charge in [-0.15, -0.1) is 11.3 Å². The van der Waals surface area contributed by atoms with E-state index in [4.69, 9.17) is 4.98 Å². The zero-order chi connectivity index (χ0) is 19.1. The summed E-state index contributed by atoms with van der Waals surface area (Å²) in [6, 6.07) is 4.05. The molecule has 5 heterocycles. The molecule has 0 radical (unpaired) electrons. The molecule has 0 spiro atoms. The fourth-order valence-corrected chi connectivity index (χ4v) is 4.83. The molecule has 0 unspecified atom stereocenters. The minimum Gasteiger partial charge on any atom is -0.356 e. The molecule has 2 saturated heterocycles. The van der Waals surface area contributed by atoms with Crippen LogP contribution in [0.1, 0.15) is 30.7 Å². The van der Waals surface area contributed by atoms with E-state index in [1.807, 2.05) is 29.3 Å². The molecule has 5 rings (SSSR count). The van der Waals surface area contributed by atoms with Crippen molar-refractivity contribution in [3.63, 3.8) is 0 Å². The van der Waals surface area contributed by atoms with Crippen LogP contribution in [0, 0.1) is 12.8 Å². The summed E-state index contributed by atoms with van der Waals surface area (Å²) in [5.74, 6) is 2.06. The first-order valence-electron chi connectivity index (χ1n) is 10.0. The number of fused-ring (bicyclic) bond motifs is 1. The number of hydrogen-bond acceptors (Lipinski definition) is 6. The maximum atomic E-state index is 12.8. The minimum atomic E-state index is 0.0806. The molecule has 3 aromatic rings. The molecule has 146 valence electrons. The van der Waals surface area contributed by atoms with Gasteiger partial charge in [0.1, 0.15) is 11.5 Å². The van der Waals surface area contributed by atoms with Crippen LogP contribution in [0.4, 0.5) is 5.82 Å². The number of carbonyl (C=O) groups is 1. The van der Waals surface area contributed by atoms with E-state index in [9.17, 15) is 4.79 Å². The number of nitrogens with zero attached hydrogens (tertiary/aromatic N) is 5. The molecule has 0 aliphatic carbocycles. The van der Waals surface area contributed by atoms with Gasteiger partial charge in [-0.25, -0.2) is 15.0 Å². The Morgan fingerprint density at radius 3 is 2.79 bits per heavy atom. The number of thiazole rings is 1. The largest absolute Gasteiger partial charge is 0.356 e. The van der Waals surface area contributed by atoms with Gasteiger partial charge < -0.3 is 14.8 Å². The average molecular weight is 397 g/mol. The Morgan fingerprint density at radius 1 is 1.14 bits per heavy atom. The van der Waals surface area contributed by atoms with Gasteiger partial charge in [0.2, 0.25) is 5.91 Å². The van der Waals surface area contributed by atoms with Crippen LogP contribution < -0.4 is 4.90 Å². The van der Waals surface area contributed by atoms with Gasteiger partial charge >= 0.3 is 0 Å². The Bertz CT molecular complexity index is 1010. The predicted molar refractivity (Wildman–Crippen MR) is 110 cm³/mol. The van der Waals surface area contributed by atoms with E-state index >= 15 is 0 Å². The first-order valence-corrected chi connectivity index (χ1v) is 10.9. The monoisotopic (exact) mass is 396 g/mol. The van der Waals surface area contributed by atoms with Crippen LogP contribution in [-0.2, 0) is 4.79 Å². The second-order valence-corrected chi connectivity index (χ2v) is 8.76. The molecule has 1 amide bonds. The van der Waals surface area contributed by atoms with Gasteiger partial charge in [0.15, 0.2) is 11.5 Å². The van der Waals surface area contributed by atoms with Crippen molar-refractivity contribution in [1.29, 1.82) is 0 Å². The van der Waals surface area contributed by atoms with Gasteiger partial charge in [-0.1, -0.05) is 0 Å². The fourth-order valence-electron chi connectivity index (χ4n) is 4.23. The Labute approximate surface area is 167 Å². The maximum Gasteiger partial charge on any atom is 0.227 e. The number of pyridine rings is 1. The van der Waals surface area contributed by atoms with Gasteiger partial charge in [0.05, 0.1) is 16.4 Å². The van der Waals surface area contributed by atoms with E-state index in [0.29, 0.717) is 11.6 Å². The second kappa shape index (κ2) is 7.16. The molecule has 0 saturated carbocycles. The lowest BCUT2D eigenvalue weighted by Gasteiger charge is -2.34. The van der Waals surface area contributed by atoms with Gasteiger partial charge in [-0.3, -0.25) is 4.79 Å². The highest BCUT2D eigenvalue weighted by Crippen LogP contribution is 2.27. The topological polar surface area (TPSA) is 78.0 Å². The number of anilines is 1. The maximum absolute atomic E-state index is 12.8. The molecule has 0 bridgehead atoms. The molecule has 1 N–H and O–H groups in total. The van der Waals surface area contributed by atoms with Crippen LogP contribution in [0.25, 0.3) is 22.7 Å². The first kappa shape index (κ1) is 17.6. The summed E-state index contributed by atoms with van der Waals surface area (Å²) in [7, 11) is 0. The number of carbonyl (C=O) groups excluding carboxylic acids is 1. The summed E-state index contributed by atoms with van der Waals surface area (Å²) >= 11 is 1.61. The van der Waals surface area contributed by atoms with Crippen LogP contribution >= 0.6 is 11.3 Å². The van der Waals surface area contributed by atoms with Crippen molar-refractivity contribution in [1.82, 2.24) is 24.8 Å². The zero-order valence-corrected chi connectivity index (χ0v) is 16.8. The third kappa shape index (κ3) is 3.26. The van der Waals surface area contributed by atoms with Crippen molar-refractivity contribution in [2.24, 2.45) is 5.92 Å². The molecular formula is C20H24N6OS. The molecule has 0 aromatic carbocycles. The van der Waals surface area contributed by atoms with E-state index in [0.717, 1.165) is 79.7 Å². The lowest BCUT2D eigenvalue weighted by Crippen LogP contribution is -2.44. The third-order valence-corrected chi connectivity index (χ3v) is 6.48. The highest BCUT2D eigenvalue weighted by atomic mass is 32.1. The molecule has 7 nitrogen and oxygen atoms in total. The average Bonchev–Trinajstić information content (AvgIpc) is 3.47. The molecule has 3 aromatic heterocycles. The molecule has 2 aliphatic rings. The number of aromatic nitrogens is 4. The van der Waals surface area contributed by atoms with Crippen molar-refractivity contribution >= 4 is 34.2 Å². The molecular weight excluding hydrogens is 372 g/mol. The van der Waals surface area contributed by atoms with E-state index in [-0.39, 0.29) is 5.92 Å². The van der Waals surface area contributed by atoms with E-state index in [2.05, 4.69) is 19.9 Å². The highest BCUT2D eigenvalue weighted by molar-refractivity contribution is 7.09. The first-order chi connectivity index (χ1) is 13.7. The molecule has 1 atom stereocenters. The summed E-state index contributed by atoms with van der Waals surface area (Å²) in [5, 5.41) is 3.03. The fraction of sp³-hybridized carbons (Fsp3) is 0.500. The predicted octanol–water partition coefficient (Wildman–Crippen LogP) is 3.23. The van der Waals surface area contributed by atoms with Crippen molar-refractivity contribution in [2.75, 3.05) is 31.1 Å². The van der Waals surface area contributed by atoms with Crippen LogP contribution in [0.2, 0.25) is 0 Å². The Balaban J connectivity index is 1.37. The van der Waals surface area contributed by atoms with Crippen LogP contribution in [0.15, 0.2) is 17.5 Å². The molecule has 8 heteroatoms. The Kier molecular flexibility index (Phi) is 4.50. The van der Waals surface area contributed by atoms with Gasteiger partial charge in [0.25, 0.3) is 0 Å². The lowest BCUT2D eigenvalue weighted by atomic mass is 9.96. The Hall–Kier alpha value is -2.48. The summed E-state index contributed by atoms with van der Waals surface area (Å²) < 4.78 is 0. The molecule has 2 fully saturated rings. The number of imidazole rings is 1. The summed E-state index contributed by atoms with van der Waals surface area (Å²) in [6.07, 6.45) is 4.28. The SMILES string of the molecule is Cc1nc(-c2nc3nc(N4CCC[C@@H](C(=O)N5CCCC5)C4)ccc3[nH]2)cs1. The molecule has 28 heavy (non-hydrogen) atoms. The van der Waals surface area contributed by atoms with Gasteiger partial charge in [-0.2, -0.15) is 0 Å². The third-order valence-electron chi connectivity index (χ3n) is 5.71. The second-order valence-electron chi connectivity index (χ2n) is 7.70. The number of H-pyrrole nitrogens is 1. The number of aromatic amines is 1. The van der Waals surface area contributed by atoms with Crippen LogP contribution in [0.3, 0.4) is 0 Å². The van der Waals surface area contributed by atoms with Crippen molar-refractivity contribution in [3.8, 4) is 11.5 Å². The lowest BCUT2D eigenvalue weighted by molar-refractivity contribution is -0.134. The van der Waals surface area contributed by atoms with E-state index < -0.39 is 0 Å². The normalized spacial score (nSPS) is 20.2. The van der Waals surface area contributed by atoms with Gasteiger partial charge in [-0.05, 0) is 44.7 Å². The van der Waals surface area contributed by atoms with Gasteiger partial charge in [0, 0.05) is 31.6 Å². The van der Waals surface area contributed by atoms with Crippen LogP contribution in [0.5, 0.6) is 0 Å². The minimum absolute atomic E-state index is 0.0806. The van der Waals surface area contributed by atoms with E-state index in [1.165, 1.54) is 0 Å². The van der Waals surface area contributed by atoms with E-state index in [1.54, 1.807) is 11.3 Å². The zero-order valence-electron chi connectivity index (χ0n) is 16.0. The summed E-state index contributed by atoms with van der Waals surface area (Å²) in [4.78, 5) is 34.3. The number of rotatable bonds is 3.